The van der Waals surface area contributed by atoms with Crippen molar-refractivity contribution in [2.45, 2.75) is 4.90 Å². The first kappa shape index (κ1) is 11.6. The second-order valence-electron chi connectivity index (χ2n) is 3.26. The molecule has 0 spiro atoms. The van der Waals surface area contributed by atoms with E-state index in [1.807, 2.05) is 0 Å². The van der Waals surface area contributed by atoms with E-state index in [1.165, 1.54) is 16.4 Å². The summed E-state index contributed by atoms with van der Waals surface area (Å²) in [5, 5.41) is 3.56. The lowest BCUT2D eigenvalue weighted by Crippen LogP contribution is -2.33. The van der Waals surface area contributed by atoms with E-state index in [-0.39, 0.29) is 10.0 Å². The fourth-order valence-electron chi connectivity index (χ4n) is 1.42. The van der Waals surface area contributed by atoms with Crippen molar-refractivity contribution in [3.63, 3.8) is 0 Å². The molecule has 1 aliphatic heterocycles. The number of hydrogen-bond donors (Lipinski definition) is 1. The van der Waals surface area contributed by atoms with Gasteiger partial charge in [-0.25, -0.2) is 12.7 Å². The van der Waals surface area contributed by atoms with Gasteiger partial charge in [-0.1, -0.05) is 11.6 Å². The highest BCUT2D eigenvalue weighted by Crippen LogP contribution is 2.19. The predicted octanol–water partition coefficient (Wildman–Crippen LogP) is 1.22. The Kier molecular flexibility index (Phi) is 3.05. The summed E-state index contributed by atoms with van der Waals surface area (Å²) in [6, 6.07) is 6.03. The maximum Gasteiger partial charge on any atom is 0.266 e. The van der Waals surface area contributed by atoms with Crippen molar-refractivity contribution in [2.75, 3.05) is 13.1 Å². The molecule has 0 unspecified atom stereocenters. The normalized spacial score (nSPS) is 16.3. The summed E-state index contributed by atoms with van der Waals surface area (Å²) >= 11 is 10.6. The Bertz CT molecular complexity index is 513. The molecule has 7 heteroatoms. The van der Waals surface area contributed by atoms with Crippen LogP contribution in [0.2, 0.25) is 5.02 Å². The van der Waals surface area contributed by atoms with Crippen LogP contribution in [0.4, 0.5) is 0 Å². The number of thiocarbonyl (C=S) groups is 1. The highest BCUT2D eigenvalue weighted by molar-refractivity contribution is 7.91. The highest BCUT2D eigenvalue weighted by atomic mass is 35.5. The molecule has 16 heavy (non-hydrogen) atoms. The van der Waals surface area contributed by atoms with Crippen LogP contribution >= 0.6 is 23.8 Å². The van der Waals surface area contributed by atoms with Crippen LogP contribution in [0.5, 0.6) is 0 Å². The van der Waals surface area contributed by atoms with Crippen LogP contribution in [0.1, 0.15) is 0 Å². The molecular weight excluding hydrogens is 268 g/mol. The Balaban J connectivity index is 2.39. The van der Waals surface area contributed by atoms with E-state index in [1.54, 1.807) is 12.1 Å². The summed E-state index contributed by atoms with van der Waals surface area (Å²) in [5.74, 6) is 0. The van der Waals surface area contributed by atoms with Crippen molar-refractivity contribution in [1.29, 1.82) is 0 Å². The van der Waals surface area contributed by atoms with Gasteiger partial charge in [0.25, 0.3) is 10.0 Å². The smallest absolute Gasteiger partial charge is 0.266 e. The van der Waals surface area contributed by atoms with E-state index in [0.717, 1.165) is 0 Å². The monoisotopic (exact) mass is 276 g/mol. The van der Waals surface area contributed by atoms with E-state index >= 15 is 0 Å². The third-order valence-corrected chi connectivity index (χ3v) is 4.76. The van der Waals surface area contributed by atoms with Gasteiger partial charge in [-0.05, 0) is 36.5 Å². The molecular formula is C9H9ClN2O2S2. The topological polar surface area (TPSA) is 49.4 Å². The van der Waals surface area contributed by atoms with Gasteiger partial charge in [0.2, 0.25) is 0 Å². The van der Waals surface area contributed by atoms with Gasteiger partial charge in [-0.2, -0.15) is 0 Å². The molecule has 0 atom stereocenters. The second kappa shape index (κ2) is 4.20. The number of benzene rings is 1. The van der Waals surface area contributed by atoms with Gasteiger partial charge in [-0.15, -0.1) is 0 Å². The van der Waals surface area contributed by atoms with Crippen molar-refractivity contribution in [3.05, 3.63) is 29.3 Å². The molecule has 1 heterocycles. The molecule has 2 rings (SSSR count). The lowest BCUT2D eigenvalue weighted by atomic mass is 10.4. The van der Waals surface area contributed by atoms with Crippen LogP contribution in [-0.2, 0) is 10.0 Å². The Morgan fingerprint density at radius 1 is 1.31 bits per heavy atom. The van der Waals surface area contributed by atoms with Gasteiger partial charge >= 0.3 is 0 Å². The van der Waals surface area contributed by atoms with Gasteiger partial charge < -0.3 is 5.32 Å². The summed E-state index contributed by atoms with van der Waals surface area (Å²) in [6.45, 7) is 0.912. The highest BCUT2D eigenvalue weighted by Gasteiger charge is 2.29. The predicted molar refractivity (Wildman–Crippen MR) is 65.9 cm³/mol. The SMILES string of the molecule is O=S(=O)(c1ccc(Cl)cc1)N1CCNC1=S. The molecule has 0 aliphatic carbocycles. The molecule has 0 bridgehead atoms. The molecule has 4 nitrogen and oxygen atoms in total. The van der Waals surface area contributed by atoms with Gasteiger partial charge in [0.05, 0.1) is 11.4 Å². The lowest BCUT2D eigenvalue weighted by Gasteiger charge is -2.16. The Morgan fingerprint density at radius 2 is 1.94 bits per heavy atom. The Morgan fingerprint density at radius 3 is 2.44 bits per heavy atom. The maximum absolute atomic E-state index is 12.1. The average molecular weight is 277 g/mol. The lowest BCUT2D eigenvalue weighted by molar-refractivity contribution is 0.542. The molecule has 0 saturated carbocycles. The van der Waals surface area contributed by atoms with Gasteiger partial charge in [0.15, 0.2) is 5.11 Å². The first-order valence-corrected chi connectivity index (χ1v) is 6.80. The molecule has 1 saturated heterocycles. The molecule has 86 valence electrons. The van der Waals surface area contributed by atoms with Gasteiger partial charge in [0.1, 0.15) is 0 Å². The zero-order valence-electron chi connectivity index (χ0n) is 8.18. The van der Waals surface area contributed by atoms with E-state index in [2.05, 4.69) is 5.32 Å². The summed E-state index contributed by atoms with van der Waals surface area (Å²) in [5.41, 5.74) is 0. The zero-order chi connectivity index (χ0) is 11.8. The zero-order valence-corrected chi connectivity index (χ0v) is 10.6. The molecule has 1 N–H and O–H groups in total. The first-order chi connectivity index (χ1) is 7.51. The van der Waals surface area contributed by atoms with Gasteiger partial charge in [0, 0.05) is 11.6 Å². The van der Waals surface area contributed by atoms with Crippen molar-refractivity contribution < 1.29 is 8.42 Å². The van der Waals surface area contributed by atoms with Crippen LogP contribution in [0.15, 0.2) is 29.2 Å². The van der Waals surface area contributed by atoms with Crippen molar-refractivity contribution in [2.24, 2.45) is 0 Å². The summed E-state index contributed by atoms with van der Waals surface area (Å²) < 4.78 is 25.4. The molecule has 1 aromatic carbocycles. The fourth-order valence-corrected chi connectivity index (χ4v) is 3.38. The molecule has 1 fully saturated rings. The molecule has 0 amide bonds. The minimum absolute atomic E-state index is 0.197. The third-order valence-electron chi connectivity index (χ3n) is 2.22. The second-order valence-corrected chi connectivity index (χ2v) is 5.95. The standard InChI is InChI=1S/C9H9ClN2O2S2/c10-7-1-3-8(4-2-7)16(13,14)12-6-5-11-9(12)15/h1-4H,5-6H2,(H,11,15). The molecule has 1 aromatic rings. The van der Waals surface area contributed by atoms with E-state index < -0.39 is 10.0 Å². The quantitative estimate of drug-likeness (QED) is 0.825. The van der Waals surface area contributed by atoms with E-state index in [4.69, 9.17) is 23.8 Å². The Labute approximate surface area is 104 Å². The van der Waals surface area contributed by atoms with Crippen LogP contribution < -0.4 is 5.32 Å². The third kappa shape index (κ3) is 2.00. The number of nitrogens with one attached hydrogen (secondary N) is 1. The number of nitrogens with zero attached hydrogens (tertiary/aromatic N) is 1. The van der Waals surface area contributed by atoms with Crippen LogP contribution in [0.3, 0.4) is 0 Å². The minimum Gasteiger partial charge on any atom is -0.360 e. The Hall–Kier alpha value is -0.850. The number of sulfonamides is 1. The van der Waals surface area contributed by atoms with Crippen molar-refractivity contribution in [1.82, 2.24) is 9.62 Å². The van der Waals surface area contributed by atoms with Crippen LogP contribution in [0.25, 0.3) is 0 Å². The summed E-state index contributed by atoms with van der Waals surface area (Å²) in [7, 11) is -3.53. The summed E-state index contributed by atoms with van der Waals surface area (Å²) in [6.07, 6.45) is 0. The van der Waals surface area contributed by atoms with E-state index in [0.29, 0.717) is 18.1 Å². The minimum atomic E-state index is -3.53. The van der Waals surface area contributed by atoms with Crippen LogP contribution in [-0.4, -0.2) is 30.9 Å². The average Bonchev–Trinajstić information content (AvgIpc) is 2.66. The number of hydrogen-bond acceptors (Lipinski definition) is 3. The largest absolute Gasteiger partial charge is 0.360 e. The van der Waals surface area contributed by atoms with E-state index in [9.17, 15) is 8.42 Å². The first-order valence-electron chi connectivity index (χ1n) is 4.58. The molecule has 0 radical (unpaired) electrons. The van der Waals surface area contributed by atoms with Crippen LogP contribution in [0, 0.1) is 0 Å². The number of halogens is 1. The summed E-state index contributed by atoms with van der Waals surface area (Å²) in [4.78, 5) is 0.197. The molecule has 1 aliphatic rings. The number of rotatable bonds is 2. The van der Waals surface area contributed by atoms with Gasteiger partial charge in [-0.3, -0.25) is 0 Å². The molecule has 0 aromatic heterocycles. The van der Waals surface area contributed by atoms with Crippen molar-refractivity contribution in [3.8, 4) is 0 Å². The fraction of sp³-hybridized carbons (Fsp3) is 0.222. The van der Waals surface area contributed by atoms with Crippen molar-refractivity contribution >= 4 is 39.0 Å². The maximum atomic E-state index is 12.1.